The molecule has 2 saturated heterocycles. The Morgan fingerprint density at radius 1 is 1.06 bits per heavy atom. The number of nitrogens with one attached hydrogen (secondary N) is 3. The van der Waals surface area contributed by atoms with Crippen molar-refractivity contribution in [2.75, 3.05) is 20.1 Å². The highest BCUT2D eigenvalue weighted by molar-refractivity contribution is 5.94. The average molecular weight is 486 g/mol. The van der Waals surface area contributed by atoms with Gasteiger partial charge in [0.05, 0.1) is 6.04 Å². The van der Waals surface area contributed by atoms with Crippen LogP contribution in [0.5, 0.6) is 0 Å². The number of carbonyl (C=O) groups is 4. The second-order valence-electron chi connectivity index (χ2n) is 9.99. The molecule has 0 radical (unpaired) electrons. The molecule has 2 aliphatic rings. The summed E-state index contributed by atoms with van der Waals surface area (Å²) in [7, 11) is 1.67. The van der Waals surface area contributed by atoms with Crippen LogP contribution < -0.4 is 16.0 Å². The number of fused-ring (bicyclic) bond motifs is 1. The molecule has 0 unspecified atom stereocenters. The summed E-state index contributed by atoms with van der Waals surface area (Å²) in [4.78, 5) is 55.9. The van der Waals surface area contributed by atoms with Crippen LogP contribution in [0.15, 0.2) is 30.3 Å². The molecule has 3 N–H and O–H groups in total. The highest BCUT2D eigenvalue weighted by Crippen LogP contribution is 2.29. The first kappa shape index (κ1) is 26.7. The van der Waals surface area contributed by atoms with Gasteiger partial charge in [0.25, 0.3) is 0 Å². The van der Waals surface area contributed by atoms with E-state index < -0.39 is 18.1 Å². The fraction of sp³-hybridized carbons (Fsp3) is 0.615. The van der Waals surface area contributed by atoms with Crippen LogP contribution in [0.4, 0.5) is 0 Å². The van der Waals surface area contributed by atoms with Gasteiger partial charge in [0, 0.05) is 32.1 Å². The molecule has 4 atom stereocenters. The zero-order valence-electron chi connectivity index (χ0n) is 21.3. The number of rotatable bonds is 8. The van der Waals surface area contributed by atoms with E-state index in [2.05, 4.69) is 16.0 Å². The van der Waals surface area contributed by atoms with Crippen LogP contribution in [0.2, 0.25) is 0 Å². The number of benzene rings is 1. The van der Waals surface area contributed by atoms with Crippen molar-refractivity contribution in [1.29, 1.82) is 0 Å². The van der Waals surface area contributed by atoms with E-state index in [1.807, 2.05) is 44.2 Å². The van der Waals surface area contributed by atoms with Crippen LogP contribution in [0, 0.1) is 5.92 Å². The minimum absolute atomic E-state index is 0.0164. The number of likely N-dealkylation sites (N-methyl/N-ethyl adjacent to an activating group) is 1. The predicted molar refractivity (Wildman–Crippen MR) is 133 cm³/mol. The van der Waals surface area contributed by atoms with Crippen LogP contribution in [0.25, 0.3) is 0 Å². The topological polar surface area (TPSA) is 111 Å². The van der Waals surface area contributed by atoms with E-state index in [4.69, 9.17) is 0 Å². The van der Waals surface area contributed by atoms with Crippen LogP contribution in [0.1, 0.15) is 52.0 Å². The van der Waals surface area contributed by atoms with Gasteiger partial charge in [-0.2, -0.15) is 0 Å². The molecule has 2 aliphatic heterocycles. The van der Waals surface area contributed by atoms with E-state index in [1.54, 1.807) is 23.8 Å². The smallest absolute Gasteiger partial charge is 0.247 e. The number of hydrogen-bond acceptors (Lipinski definition) is 5. The van der Waals surface area contributed by atoms with Gasteiger partial charge >= 0.3 is 0 Å². The normalized spacial score (nSPS) is 23.3. The summed E-state index contributed by atoms with van der Waals surface area (Å²) in [5.41, 5.74) is 0.986. The second kappa shape index (κ2) is 12.2. The highest BCUT2D eigenvalue weighted by atomic mass is 16.2. The fourth-order valence-corrected chi connectivity index (χ4v) is 4.77. The third kappa shape index (κ3) is 6.81. The standard InChI is InChI=1S/C26H39N5O4/c1-17(2)14-23(32)30-13-12-20-10-11-22(25(34)28-15-19-8-6-5-7-9-19)31(20)26(35)21(16-30)29-24(33)18(3)27-4/h5-9,17-18,20-22,27H,10-16H2,1-4H3,(H,28,34)(H,29,33)/t18-,20+,21-,22-/m0/s1. The first-order valence-electron chi connectivity index (χ1n) is 12.6. The zero-order valence-corrected chi connectivity index (χ0v) is 21.3. The second-order valence-corrected chi connectivity index (χ2v) is 9.99. The van der Waals surface area contributed by atoms with E-state index in [-0.39, 0.29) is 42.1 Å². The molecule has 0 aromatic heterocycles. The molecule has 0 saturated carbocycles. The molecule has 35 heavy (non-hydrogen) atoms. The molecule has 4 amide bonds. The van der Waals surface area contributed by atoms with Gasteiger partial charge in [-0.3, -0.25) is 19.2 Å². The first-order valence-corrected chi connectivity index (χ1v) is 12.6. The molecule has 3 rings (SSSR count). The molecule has 0 bridgehead atoms. The van der Waals surface area contributed by atoms with Crippen LogP contribution in [-0.4, -0.2) is 77.7 Å². The Morgan fingerprint density at radius 3 is 2.43 bits per heavy atom. The monoisotopic (exact) mass is 485 g/mol. The van der Waals surface area contributed by atoms with Crippen molar-refractivity contribution in [3.63, 3.8) is 0 Å². The maximum Gasteiger partial charge on any atom is 0.247 e. The molecule has 9 heteroatoms. The van der Waals surface area contributed by atoms with Gasteiger partial charge in [-0.25, -0.2) is 0 Å². The van der Waals surface area contributed by atoms with Crippen molar-refractivity contribution >= 4 is 23.6 Å². The number of amides is 4. The first-order chi connectivity index (χ1) is 16.7. The van der Waals surface area contributed by atoms with Gasteiger partial charge in [-0.05, 0) is 44.7 Å². The lowest BCUT2D eigenvalue weighted by atomic mass is 10.0. The Labute approximate surface area is 208 Å². The molecule has 192 valence electrons. The summed E-state index contributed by atoms with van der Waals surface area (Å²) in [6, 6.07) is 7.51. The summed E-state index contributed by atoms with van der Waals surface area (Å²) < 4.78 is 0. The molecule has 1 aromatic rings. The Hall–Kier alpha value is -2.94. The molecule has 0 aliphatic carbocycles. The van der Waals surface area contributed by atoms with Gasteiger partial charge in [0.2, 0.25) is 23.6 Å². The van der Waals surface area contributed by atoms with Crippen LogP contribution in [-0.2, 0) is 25.7 Å². The fourth-order valence-electron chi connectivity index (χ4n) is 4.77. The lowest BCUT2D eigenvalue weighted by molar-refractivity contribution is -0.147. The number of carbonyl (C=O) groups excluding carboxylic acids is 4. The molecule has 2 fully saturated rings. The summed E-state index contributed by atoms with van der Waals surface area (Å²) in [6.07, 6.45) is 2.26. The SMILES string of the molecule is CN[C@@H](C)C(=O)N[C@H]1CN(C(=O)CC(C)C)CC[C@H]2CC[C@@H](C(=O)NCc3ccccc3)N2C1=O. The molecular formula is C26H39N5O4. The van der Waals surface area contributed by atoms with Gasteiger partial charge in [-0.1, -0.05) is 44.2 Å². The lowest BCUT2D eigenvalue weighted by Crippen LogP contribution is -2.62. The number of nitrogens with zero attached hydrogens (tertiary/aromatic N) is 2. The van der Waals surface area contributed by atoms with Crippen molar-refractivity contribution in [3.05, 3.63) is 35.9 Å². The lowest BCUT2D eigenvalue weighted by Gasteiger charge is -2.39. The molecular weight excluding hydrogens is 446 g/mol. The summed E-state index contributed by atoms with van der Waals surface area (Å²) in [5, 5.41) is 8.69. The van der Waals surface area contributed by atoms with E-state index >= 15 is 0 Å². The van der Waals surface area contributed by atoms with E-state index in [0.717, 1.165) is 5.56 Å². The van der Waals surface area contributed by atoms with E-state index in [1.165, 1.54) is 0 Å². The quantitative estimate of drug-likeness (QED) is 0.510. The van der Waals surface area contributed by atoms with Crippen molar-refractivity contribution in [3.8, 4) is 0 Å². The van der Waals surface area contributed by atoms with Crippen molar-refractivity contribution in [1.82, 2.24) is 25.8 Å². The average Bonchev–Trinajstić information content (AvgIpc) is 3.26. The maximum atomic E-state index is 13.8. The summed E-state index contributed by atoms with van der Waals surface area (Å²) in [5.74, 6) is -0.625. The Kier molecular flexibility index (Phi) is 9.26. The van der Waals surface area contributed by atoms with Gasteiger partial charge in [0.15, 0.2) is 0 Å². The Bertz CT molecular complexity index is 906. The maximum absolute atomic E-state index is 13.8. The summed E-state index contributed by atoms with van der Waals surface area (Å²) >= 11 is 0. The molecule has 1 aromatic carbocycles. The van der Waals surface area contributed by atoms with Gasteiger partial charge < -0.3 is 25.8 Å². The molecule has 0 spiro atoms. The molecule has 2 heterocycles. The van der Waals surface area contributed by atoms with Crippen molar-refractivity contribution in [2.45, 2.75) is 77.2 Å². The predicted octanol–water partition coefficient (Wildman–Crippen LogP) is 1.03. The van der Waals surface area contributed by atoms with E-state index in [9.17, 15) is 19.2 Å². The molecule has 9 nitrogen and oxygen atoms in total. The highest BCUT2D eigenvalue weighted by Gasteiger charge is 2.45. The van der Waals surface area contributed by atoms with E-state index in [0.29, 0.717) is 38.8 Å². The minimum Gasteiger partial charge on any atom is -0.350 e. The van der Waals surface area contributed by atoms with Crippen molar-refractivity contribution in [2.24, 2.45) is 5.92 Å². The largest absolute Gasteiger partial charge is 0.350 e. The third-order valence-electron chi connectivity index (χ3n) is 6.88. The number of hydrogen-bond donors (Lipinski definition) is 3. The Balaban J connectivity index is 1.79. The third-order valence-corrected chi connectivity index (χ3v) is 6.88. The van der Waals surface area contributed by atoms with Gasteiger partial charge in [-0.15, -0.1) is 0 Å². The van der Waals surface area contributed by atoms with Crippen LogP contribution in [0.3, 0.4) is 0 Å². The van der Waals surface area contributed by atoms with Crippen LogP contribution >= 0.6 is 0 Å². The Morgan fingerprint density at radius 2 is 1.77 bits per heavy atom. The minimum atomic E-state index is -0.903. The summed E-state index contributed by atoms with van der Waals surface area (Å²) in [6.45, 7) is 6.67. The zero-order chi connectivity index (χ0) is 25.5. The van der Waals surface area contributed by atoms with Crippen molar-refractivity contribution < 1.29 is 19.2 Å². The van der Waals surface area contributed by atoms with Gasteiger partial charge in [0.1, 0.15) is 12.1 Å².